The van der Waals surface area contributed by atoms with Crippen LogP contribution in [0.25, 0.3) is 5.65 Å². The largest absolute Gasteiger partial charge is 0.396 e. The number of nitrogen functional groups attached to an aromatic ring is 1. The summed E-state index contributed by atoms with van der Waals surface area (Å²) in [5.74, 6) is 0.863. The van der Waals surface area contributed by atoms with Gasteiger partial charge in [0.1, 0.15) is 6.10 Å². The molecule has 0 amide bonds. The zero-order valence-electron chi connectivity index (χ0n) is 8.97. The fraction of sp³-hybridized carbons (Fsp3) is 0.455. The third-order valence-electron chi connectivity index (χ3n) is 2.96. The predicted octanol–water partition coefficient (Wildman–Crippen LogP) is 1.55. The maximum absolute atomic E-state index is 5.83. The Morgan fingerprint density at radius 3 is 3.12 bits per heavy atom. The van der Waals surface area contributed by atoms with Crippen molar-refractivity contribution in [2.75, 3.05) is 12.3 Å². The van der Waals surface area contributed by atoms with Gasteiger partial charge in [-0.05, 0) is 31.4 Å². The van der Waals surface area contributed by atoms with Crippen molar-refractivity contribution in [3.63, 3.8) is 0 Å². The summed E-state index contributed by atoms with van der Waals surface area (Å²) < 4.78 is 7.63. The molecule has 2 aromatic rings. The zero-order chi connectivity index (χ0) is 11.0. The third kappa shape index (κ3) is 1.44. The molecule has 0 spiro atoms. The SMILES string of the molecule is Nc1cccn2c(C3CCCCO3)nnc12. The van der Waals surface area contributed by atoms with E-state index in [1.54, 1.807) is 0 Å². The summed E-state index contributed by atoms with van der Waals surface area (Å²) in [4.78, 5) is 0. The van der Waals surface area contributed by atoms with Crippen LogP contribution in [0.5, 0.6) is 0 Å². The van der Waals surface area contributed by atoms with Crippen molar-refractivity contribution in [3.05, 3.63) is 24.2 Å². The van der Waals surface area contributed by atoms with E-state index in [1.165, 1.54) is 6.42 Å². The molecule has 0 aliphatic carbocycles. The first-order valence-electron chi connectivity index (χ1n) is 5.57. The van der Waals surface area contributed by atoms with Crippen LogP contribution in [0.15, 0.2) is 18.3 Å². The second-order valence-corrected chi connectivity index (χ2v) is 4.07. The Morgan fingerprint density at radius 2 is 2.31 bits per heavy atom. The van der Waals surface area contributed by atoms with Crippen LogP contribution in [0.4, 0.5) is 5.69 Å². The van der Waals surface area contributed by atoms with Crippen LogP contribution in [0.1, 0.15) is 31.2 Å². The van der Waals surface area contributed by atoms with E-state index in [1.807, 2.05) is 22.7 Å². The molecule has 0 saturated carbocycles. The van der Waals surface area contributed by atoms with Crippen molar-refractivity contribution >= 4 is 11.3 Å². The van der Waals surface area contributed by atoms with Crippen molar-refractivity contribution in [1.82, 2.24) is 14.6 Å². The quantitative estimate of drug-likeness (QED) is 0.788. The molecule has 1 aliphatic heterocycles. The molecule has 1 aliphatic rings. The lowest BCUT2D eigenvalue weighted by atomic mass is 10.1. The van der Waals surface area contributed by atoms with Gasteiger partial charge in [0.25, 0.3) is 0 Å². The third-order valence-corrected chi connectivity index (χ3v) is 2.96. The Hall–Kier alpha value is -1.62. The lowest BCUT2D eigenvalue weighted by Gasteiger charge is -2.20. The molecule has 16 heavy (non-hydrogen) atoms. The lowest BCUT2D eigenvalue weighted by Crippen LogP contribution is -2.14. The normalized spacial score (nSPS) is 21.4. The van der Waals surface area contributed by atoms with Crippen molar-refractivity contribution in [2.24, 2.45) is 0 Å². The number of nitrogens with zero attached hydrogens (tertiary/aromatic N) is 3. The Labute approximate surface area is 93.2 Å². The van der Waals surface area contributed by atoms with E-state index in [2.05, 4.69) is 10.2 Å². The Kier molecular flexibility index (Phi) is 2.25. The number of rotatable bonds is 1. The van der Waals surface area contributed by atoms with Gasteiger partial charge in [-0.1, -0.05) is 0 Å². The van der Waals surface area contributed by atoms with Crippen molar-refractivity contribution in [3.8, 4) is 0 Å². The number of nitrogens with two attached hydrogens (primary N) is 1. The molecular formula is C11H14N4O. The van der Waals surface area contributed by atoms with E-state index in [0.29, 0.717) is 11.3 Å². The highest BCUT2D eigenvalue weighted by atomic mass is 16.5. The predicted molar refractivity (Wildman–Crippen MR) is 59.9 cm³/mol. The summed E-state index contributed by atoms with van der Waals surface area (Å²) in [6, 6.07) is 3.73. The summed E-state index contributed by atoms with van der Waals surface area (Å²) in [6.45, 7) is 0.807. The van der Waals surface area contributed by atoms with Gasteiger partial charge in [0.05, 0.1) is 5.69 Å². The van der Waals surface area contributed by atoms with Gasteiger partial charge in [-0.15, -0.1) is 10.2 Å². The van der Waals surface area contributed by atoms with E-state index in [9.17, 15) is 0 Å². The molecule has 3 heterocycles. The first-order valence-corrected chi connectivity index (χ1v) is 5.57. The van der Waals surface area contributed by atoms with E-state index in [0.717, 1.165) is 25.3 Å². The number of aromatic nitrogens is 3. The summed E-state index contributed by atoms with van der Waals surface area (Å²) in [6.07, 6.45) is 5.32. The number of pyridine rings is 1. The topological polar surface area (TPSA) is 65.4 Å². The maximum atomic E-state index is 5.83. The van der Waals surface area contributed by atoms with Crippen molar-refractivity contribution < 1.29 is 4.74 Å². The molecule has 3 rings (SSSR count). The van der Waals surface area contributed by atoms with Gasteiger partial charge in [0.15, 0.2) is 11.5 Å². The standard InChI is InChI=1S/C11H14N4O/c12-8-4-3-6-15-10(8)13-14-11(15)9-5-1-2-7-16-9/h3-4,6,9H,1-2,5,7,12H2. The van der Waals surface area contributed by atoms with Crippen molar-refractivity contribution in [2.45, 2.75) is 25.4 Å². The first-order chi connectivity index (χ1) is 7.86. The molecular weight excluding hydrogens is 204 g/mol. The minimum atomic E-state index is 0.0607. The Morgan fingerprint density at radius 1 is 1.38 bits per heavy atom. The van der Waals surface area contributed by atoms with Gasteiger partial charge in [-0.2, -0.15) is 0 Å². The van der Waals surface area contributed by atoms with Crippen LogP contribution >= 0.6 is 0 Å². The number of hydrogen-bond acceptors (Lipinski definition) is 4. The molecule has 1 saturated heterocycles. The molecule has 5 nitrogen and oxygen atoms in total. The fourth-order valence-electron chi connectivity index (χ4n) is 2.12. The highest BCUT2D eigenvalue weighted by molar-refractivity contribution is 5.63. The molecule has 1 unspecified atom stereocenters. The summed E-state index contributed by atoms with van der Waals surface area (Å²) in [5.41, 5.74) is 7.20. The van der Waals surface area contributed by atoms with Gasteiger partial charge >= 0.3 is 0 Å². The second-order valence-electron chi connectivity index (χ2n) is 4.07. The smallest absolute Gasteiger partial charge is 0.184 e. The van der Waals surface area contributed by atoms with Gasteiger partial charge in [0, 0.05) is 12.8 Å². The molecule has 0 radical (unpaired) electrons. The highest BCUT2D eigenvalue weighted by Crippen LogP contribution is 2.27. The lowest BCUT2D eigenvalue weighted by molar-refractivity contribution is 0.00886. The van der Waals surface area contributed by atoms with Crippen LogP contribution in [-0.2, 0) is 4.74 Å². The molecule has 5 heteroatoms. The van der Waals surface area contributed by atoms with Crippen LogP contribution in [0, 0.1) is 0 Å². The average molecular weight is 218 g/mol. The van der Waals surface area contributed by atoms with Gasteiger partial charge < -0.3 is 10.5 Å². The first kappa shape index (κ1) is 9.59. The molecule has 2 aromatic heterocycles. The van der Waals surface area contributed by atoms with Gasteiger partial charge in [-0.3, -0.25) is 4.40 Å². The summed E-state index contributed by atoms with van der Waals surface area (Å²) >= 11 is 0. The minimum absolute atomic E-state index is 0.0607. The second kappa shape index (κ2) is 3.75. The van der Waals surface area contributed by atoms with Crippen LogP contribution in [0.3, 0.4) is 0 Å². The zero-order valence-corrected chi connectivity index (χ0v) is 8.97. The van der Waals surface area contributed by atoms with E-state index in [4.69, 9.17) is 10.5 Å². The van der Waals surface area contributed by atoms with E-state index < -0.39 is 0 Å². The van der Waals surface area contributed by atoms with Crippen LogP contribution in [-0.4, -0.2) is 21.2 Å². The highest BCUT2D eigenvalue weighted by Gasteiger charge is 2.21. The molecule has 84 valence electrons. The van der Waals surface area contributed by atoms with E-state index >= 15 is 0 Å². The molecule has 2 N–H and O–H groups in total. The molecule has 1 fully saturated rings. The average Bonchev–Trinajstić information content (AvgIpc) is 2.75. The minimum Gasteiger partial charge on any atom is -0.396 e. The number of ether oxygens (including phenoxy) is 1. The van der Waals surface area contributed by atoms with Gasteiger partial charge in [-0.25, -0.2) is 0 Å². The van der Waals surface area contributed by atoms with Crippen molar-refractivity contribution in [1.29, 1.82) is 0 Å². The summed E-state index contributed by atoms with van der Waals surface area (Å²) in [7, 11) is 0. The molecule has 0 bridgehead atoms. The maximum Gasteiger partial charge on any atom is 0.184 e. The van der Waals surface area contributed by atoms with Crippen LogP contribution < -0.4 is 5.73 Å². The number of fused-ring (bicyclic) bond motifs is 1. The van der Waals surface area contributed by atoms with Crippen LogP contribution in [0.2, 0.25) is 0 Å². The number of anilines is 1. The monoisotopic (exact) mass is 218 g/mol. The Balaban J connectivity index is 2.06. The molecule has 0 aromatic carbocycles. The molecule has 1 atom stereocenters. The van der Waals surface area contributed by atoms with Gasteiger partial charge in [0.2, 0.25) is 0 Å². The Bertz CT molecular complexity index is 502. The van der Waals surface area contributed by atoms with E-state index in [-0.39, 0.29) is 6.10 Å². The fourth-order valence-corrected chi connectivity index (χ4v) is 2.12. The summed E-state index contributed by atoms with van der Waals surface area (Å²) in [5, 5.41) is 8.29. The number of hydrogen-bond donors (Lipinski definition) is 1.